The van der Waals surface area contributed by atoms with Crippen LogP contribution in [0.15, 0.2) is 53.4 Å². The normalized spacial score (nSPS) is 17.7. The zero-order chi connectivity index (χ0) is 15.5. The van der Waals surface area contributed by atoms with E-state index in [-0.39, 0.29) is 5.91 Å². The lowest BCUT2D eigenvalue weighted by molar-refractivity contribution is -0.118. The first kappa shape index (κ1) is 15.2. The summed E-state index contributed by atoms with van der Waals surface area (Å²) >= 11 is 1.87. The van der Waals surface area contributed by atoms with E-state index in [9.17, 15) is 4.79 Å². The summed E-state index contributed by atoms with van der Waals surface area (Å²) < 4.78 is 0. The maximum Gasteiger partial charge on any atom is 0.231 e. The Labute approximate surface area is 136 Å². The van der Waals surface area contributed by atoms with Crippen LogP contribution in [0.25, 0.3) is 0 Å². The third-order valence-electron chi connectivity index (χ3n) is 4.02. The van der Waals surface area contributed by atoms with Crippen LogP contribution in [0.5, 0.6) is 0 Å². The van der Waals surface area contributed by atoms with Crippen molar-refractivity contribution in [1.82, 2.24) is 0 Å². The number of carbonyl (C=O) groups excluding carboxylic acids is 1. The SMILES string of the molecule is Cc1ccc(CC(=O)N2CCC(C)Sc3ccccc32)cc1. The van der Waals surface area contributed by atoms with E-state index in [2.05, 4.69) is 38.1 Å². The standard InChI is InChI=1S/C19H21NOS/c1-14-7-9-16(10-8-14)13-19(21)20-12-11-15(2)22-18-6-4-3-5-17(18)20/h3-10,15H,11-13H2,1-2H3. The van der Waals surface area contributed by atoms with Crippen LogP contribution in [0.3, 0.4) is 0 Å². The minimum Gasteiger partial charge on any atom is -0.311 e. The monoisotopic (exact) mass is 311 g/mol. The van der Waals surface area contributed by atoms with Crippen molar-refractivity contribution in [2.24, 2.45) is 0 Å². The predicted octanol–water partition coefficient (Wildman–Crippen LogP) is 4.46. The van der Waals surface area contributed by atoms with Gasteiger partial charge in [-0.25, -0.2) is 0 Å². The second-order valence-electron chi connectivity index (χ2n) is 5.89. The first-order valence-electron chi connectivity index (χ1n) is 7.75. The largest absolute Gasteiger partial charge is 0.311 e. The van der Waals surface area contributed by atoms with Crippen LogP contribution in [0.1, 0.15) is 24.5 Å². The van der Waals surface area contributed by atoms with E-state index >= 15 is 0 Å². The van der Waals surface area contributed by atoms with Crippen LogP contribution in [0.4, 0.5) is 5.69 Å². The molecule has 0 radical (unpaired) electrons. The number of amides is 1. The van der Waals surface area contributed by atoms with Crippen LogP contribution in [-0.2, 0) is 11.2 Å². The van der Waals surface area contributed by atoms with Gasteiger partial charge < -0.3 is 4.90 Å². The lowest BCUT2D eigenvalue weighted by Gasteiger charge is -2.22. The molecule has 2 aromatic rings. The highest BCUT2D eigenvalue weighted by Gasteiger charge is 2.23. The van der Waals surface area contributed by atoms with Crippen LogP contribution in [0.2, 0.25) is 0 Å². The maximum atomic E-state index is 12.8. The van der Waals surface area contributed by atoms with E-state index < -0.39 is 0 Å². The van der Waals surface area contributed by atoms with E-state index in [4.69, 9.17) is 0 Å². The Bertz CT molecular complexity index is 665. The molecule has 1 heterocycles. The molecule has 114 valence electrons. The number of thioether (sulfide) groups is 1. The third kappa shape index (κ3) is 3.36. The molecule has 0 fully saturated rings. The van der Waals surface area contributed by atoms with Crippen LogP contribution in [-0.4, -0.2) is 17.7 Å². The Hall–Kier alpha value is -1.74. The van der Waals surface area contributed by atoms with Gasteiger partial charge in [0.1, 0.15) is 0 Å². The fourth-order valence-electron chi connectivity index (χ4n) is 2.72. The molecular formula is C19H21NOS. The summed E-state index contributed by atoms with van der Waals surface area (Å²) in [5, 5.41) is 0.540. The molecule has 0 N–H and O–H groups in total. The first-order valence-corrected chi connectivity index (χ1v) is 8.63. The highest BCUT2D eigenvalue weighted by atomic mass is 32.2. The van der Waals surface area contributed by atoms with Gasteiger partial charge in [-0.05, 0) is 31.0 Å². The van der Waals surface area contributed by atoms with Gasteiger partial charge >= 0.3 is 0 Å². The molecule has 0 saturated heterocycles. The number of rotatable bonds is 2. The van der Waals surface area contributed by atoms with Gasteiger partial charge in [0.2, 0.25) is 5.91 Å². The third-order valence-corrected chi connectivity index (χ3v) is 5.26. The molecule has 1 aliphatic rings. The van der Waals surface area contributed by atoms with Crippen molar-refractivity contribution in [2.75, 3.05) is 11.4 Å². The van der Waals surface area contributed by atoms with Crippen molar-refractivity contribution >= 4 is 23.4 Å². The Balaban J connectivity index is 1.84. The molecule has 3 heteroatoms. The van der Waals surface area contributed by atoms with Gasteiger partial charge in [0.25, 0.3) is 0 Å². The fourth-order valence-corrected chi connectivity index (χ4v) is 3.83. The number of hydrogen-bond donors (Lipinski definition) is 0. The second-order valence-corrected chi connectivity index (χ2v) is 7.37. The van der Waals surface area contributed by atoms with Crippen molar-refractivity contribution in [3.05, 3.63) is 59.7 Å². The number of benzene rings is 2. The van der Waals surface area contributed by atoms with E-state index in [1.807, 2.05) is 40.9 Å². The maximum absolute atomic E-state index is 12.8. The quantitative estimate of drug-likeness (QED) is 0.816. The highest BCUT2D eigenvalue weighted by molar-refractivity contribution is 8.00. The lowest BCUT2D eigenvalue weighted by atomic mass is 10.1. The molecule has 2 aromatic carbocycles. The van der Waals surface area contributed by atoms with Crippen molar-refractivity contribution in [3.8, 4) is 0 Å². The predicted molar refractivity (Wildman–Crippen MR) is 93.6 cm³/mol. The van der Waals surface area contributed by atoms with E-state index in [0.717, 1.165) is 24.2 Å². The molecule has 22 heavy (non-hydrogen) atoms. The van der Waals surface area contributed by atoms with Crippen molar-refractivity contribution < 1.29 is 4.79 Å². The average Bonchev–Trinajstić information content (AvgIpc) is 2.68. The molecule has 0 saturated carbocycles. The van der Waals surface area contributed by atoms with Gasteiger partial charge in [-0.2, -0.15) is 0 Å². The molecule has 1 amide bonds. The fraction of sp³-hybridized carbons (Fsp3) is 0.316. The lowest BCUT2D eigenvalue weighted by Crippen LogP contribution is -2.33. The van der Waals surface area contributed by atoms with Gasteiger partial charge in [-0.15, -0.1) is 11.8 Å². The number of anilines is 1. The number of para-hydroxylation sites is 1. The smallest absolute Gasteiger partial charge is 0.231 e. The molecule has 0 aliphatic carbocycles. The van der Waals surface area contributed by atoms with Gasteiger partial charge in [0.05, 0.1) is 12.1 Å². The van der Waals surface area contributed by atoms with Gasteiger partial charge in [-0.1, -0.05) is 48.9 Å². The zero-order valence-corrected chi connectivity index (χ0v) is 13.9. The molecular weight excluding hydrogens is 290 g/mol. The topological polar surface area (TPSA) is 20.3 Å². The summed E-state index contributed by atoms with van der Waals surface area (Å²) in [6.45, 7) is 5.10. The van der Waals surface area contributed by atoms with Crippen LogP contribution < -0.4 is 4.90 Å². The molecule has 0 spiro atoms. The molecule has 1 aliphatic heterocycles. The number of aryl methyl sites for hydroxylation is 1. The van der Waals surface area contributed by atoms with Gasteiger partial charge in [0.15, 0.2) is 0 Å². The minimum atomic E-state index is 0.186. The van der Waals surface area contributed by atoms with Gasteiger partial charge in [-0.3, -0.25) is 4.79 Å². The molecule has 3 rings (SSSR count). The van der Waals surface area contributed by atoms with E-state index in [1.54, 1.807) is 0 Å². The first-order chi connectivity index (χ1) is 10.6. The molecule has 1 atom stereocenters. The second kappa shape index (κ2) is 6.57. The van der Waals surface area contributed by atoms with Crippen molar-refractivity contribution in [1.29, 1.82) is 0 Å². The summed E-state index contributed by atoms with van der Waals surface area (Å²) in [5.74, 6) is 0.186. The minimum absolute atomic E-state index is 0.186. The Kier molecular flexibility index (Phi) is 4.53. The van der Waals surface area contributed by atoms with E-state index in [1.165, 1.54) is 10.5 Å². The highest BCUT2D eigenvalue weighted by Crippen LogP contribution is 2.37. The summed E-state index contributed by atoms with van der Waals surface area (Å²) in [4.78, 5) is 16.0. The summed E-state index contributed by atoms with van der Waals surface area (Å²) in [7, 11) is 0. The Morgan fingerprint density at radius 1 is 1.18 bits per heavy atom. The molecule has 2 nitrogen and oxygen atoms in total. The number of fused-ring (bicyclic) bond motifs is 1. The number of hydrogen-bond acceptors (Lipinski definition) is 2. The molecule has 1 unspecified atom stereocenters. The van der Waals surface area contributed by atoms with Crippen LogP contribution in [0, 0.1) is 6.92 Å². The molecule has 0 aromatic heterocycles. The number of nitrogens with zero attached hydrogens (tertiary/aromatic N) is 1. The van der Waals surface area contributed by atoms with E-state index in [0.29, 0.717) is 11.7 Å². The average molecular weight is 311 g/mol. The summed E-state index contributed by atoms with van der Waals surface area (Å²) in [6.07, 6.45) is 1.49. The van der Waals surface area contributed by atoms with Crippen molar-refractivity contribution in [3.63, 3.8) is 0 Å². The molecule has 0 bridgehead atoms. The van der Waals surface area contributed by atoms with Crippen LogP contribution >= 0.6 is 11.8 Å². The zero-order valence-electron chi connectivity index (χ0n) is 13.1. The Morgan fingerprint density at radius 3 is 2.68 bits per heavy atom. The Morgan fingerprint density at radius 2 is 1.91 bits per heavy atom. The van der Waals surface area contributed by atoms with Gasteiger partial charge in [0, 0.05) is 16.7 Å². The summed E-state index contributed by atoms with van der Waals surface area (Å²) in [5.41, 5.74) is 3.37. The summed E-state index contributed by atoms with van der Waals surface area (Å²) in [6, 6.07) is 16.5. The van der Waals surface area contributed by atoms with Crippen molar-refractivity contribution in [2.45, 2.75) is 36.8 Å². The number of carbonyl (C=O) groups is 1.